The van der Waals surface area contributed by atoms with E-state index in [2.05, 4.69) is 4.90 Å². The lowest BCUT2D eigenvalue weighted by atomic mass is 9.74. The summed E-state index contributed by atoms with van der Waals surface area (Å²) in [5, 5.41) is 27.6. The molecule has 1 fully saturated rings. The van der Waals surface area contributed by atoms with Crippen LogP contribution < -0.4 is 5.73 Å². The maximum atomic E-state index is 13.8. The number of hydrogen-bond donors (Lipinski definition) is 4. The number of nitrogens with zero attached hydrogens (tertiary/aromatic N) is 1. The van der Waals surface area contributed by atoms with Crippen molar-refractivity contribution in [3.05, 3.63) is 35.4 Å². The molecule has 1 aliphatic rings. The molecule has 0 radical (unpaired) electrons. The van der Waals surface area contributed by atoms with Gasteiger partial charge in [0.1, 0.15) is 11.7 Å². The van der Waals surface area contributed by atoms with Gasteiger partial charge in [-0.2, -0.15) is 0 Å². The molecule has 156 valence electrons. The number of carboxylic acids is 1. The van der Waals surface area contributed by atoms with Crippen LogP contribution in [0.2, 0.25) is 6.32 Å². The van der Waals surface area contributed by atoms with E-state index in [0.29, 0.717) is 44.2 Å². The predicted octanol–water partition coefficient (Wildman–Crippen LogP) is 2.35. The molecule has 6 nitrogen and oxygen atoms in total. The summed E-state index contributed by atoms with van der Waals surface area (Å²) in [6, 6.07) is 7.50. The van der Waals surface area contributed by atoms with Crippen LogP contribution in [0, 0.1) is 5.92 Å². The molecule has 8 heteroatoms. The number of rotatable bonds is 10. The zero-order valence-electron chi connectivity index (χ0n) is 16.6. The van der Waals surface area contributed by atoms with E-state index in [9.17, 15) is 14.3 Å². The summed E-state index contributed by atoms with van der Waals surface area (Å²) >= 11 is 0. The molecule has 1 heterocycles. The maximum Gasteiger partial charge on any atom is 0.451 e. The van der Waals surface area contributed by atoms with Crippen molar-refractivity contribution in [1.29, 1.82) is 0 Å². The Morgan fingerprint density at radius 3 is 2.54 bits per heavy atom. The minimum absolute atomic E-state index is 0.129. The van der Waals surface area contributed by atoms with Gasteiger partial charge in [-0.1, -0.05) is 37.1 Å². The number of nitrogens with two attached hydrogens (primary N) is 1. The van der Waals surface area contributed by atoms with Gasteiger partial charge in [-0.3, -0.25) is 9.69 Å². The van der Waals surface area contributed by atoms with Crippen molar-refractivity contribution in [2.24, 2.45) is 11.7 Å². The number of piperidine rings is 1. The van der Waals surface area contributed by atoms with Crippen molar-refractivity contribution in [3.8, 4) is 0 Å². The van der Waals surface area contributed by atoms with Gasteiger partial charge in [0.15, 0.2) is 0 Å². The fraction of sp³-hybridized carbons (Fsp3) is 0.650. The van der Waals surface area contributed by atoms with Crippen LogP contribution in [-0.2, 0) is 11.3 Å². The van der Waals surface area contributed by atoms with Crippen LogP contribution in [0.3, 0.4) is 0 Å². The maximum absolute atomic E-state index is 13.8. The molecule has 1 aliphatic heterocycles. The first kappa shape index (κ1) is 22.8. The second-order valence-electron chi connectivity index (χ2n) is 7.94. The Hall–Kier alpha value is -1.48. The third-order valence-corrected chi connectivity index (χ3v) is 5.89. The number of halogens is 1. The Morgan fingerprint density at radius 2 is 1.96 bits per heavy atom. The van der Waals surface area contributed by atoms with Crippen molar-refractivity contribution in [2.75, 3.05) is 13.1 Å². The monoisotopic (exact) mass is 394 g/mol. The summed E-state index contributed by atoms with van der Waals surface area (Å²) < 4.78 is 13.8. The molecule has 5 N–H and O–H groups in total. The highest BCUT2D eigenvalue weighted by molar-refractivity contribution is 6.40. The van der Waals surface area contributed by atoms with Gasteiger partial charge in [0, 0.05) is 6.54 Å². The first-order valence-electron chi connectivity index (χ1n) is 10.1. The number of aliphatic carboxylic acids is 1. The molecule has 0 spiro atoms. The average Bonchev–Trinajstić information content (AvgIpc) is 2.65. The lowest BCUT2D eigenvalue weighted by molar-refractivity contribution is -0.147. The molecule has 0 aromatic heterocycles. The Morgan fingerprint density at radius 1 is 1.32 bits per heavy atom. The summed E-state index contributed by atoms with van der Waals surface area (Å²) in [7, 11) is -1.37. The Balaban J connectivity index is 1.92. The molecule has 1 aromatic rings. The van der Waals surface area contributed by atoms with Crippen LogP contribution in [0.1, 0.15) is 56.3 Å². The van der Waals surface area contributed by atoms with Crippen LogP contribution in [0.4, 0.5) is 4.39 Å². The van der Waals surface area contributed by atoms with Gasteiger partial charge in [-0.15, -0.1) is 0 Å². The first-order valence-corrected chi connectivity index (χ1v) is 10.1. The molecule has 28 heavy (non-hydrogen) atoms. The zero-order valence-corrected chi connectivity index (χ0v) is 16.6. The Labute approximate surface area is 166 Å². The van der Waals surface area contributed by atoms with Crippen LogP contribution >= 0.6 is 0 Å². The number of unbranched alkanes of at least 4 members (excludes halogenated alkanes) is 1. The number of likely N-dealkylation sites (tertiary alicyclic amines) is 1. The highest BCUT2D eigenvalue weighted by atomic mass is 19.1. The van der Waals surface area contributed by atoms with E-state index < -0.39 is 24.8 Å². The zero-order chi connectivity index (χ0) is 20.7. The minimum Gasteiger partial charge on any atom is -0.480 e. The minimum atomic E-state index is -1.37. The smallest absolute Gasteiger partial charge is 0.451 e. The van der Waals surface area contributed by atoms with Crippen LogP contribution in [-0.4, -0.2) is 51.8 Å². The van der Waals surface area contributed by atoms with Gasteiger partial charge >= 0.3 is 13.1 Å². The van der Waals surface area contributed by atoms with Crippen LogP contribution in [0.15, 0.2) is 24.3 Å². The van der Waals surface area contributed by atoms with Gasteiger partial charge in [-0.25, -0.2) is 4.39 Å². The fourth-order valence-electron chi connectivity index (χ4n) is 4.14. The molecule has 2 rings (SSSR count). The van der Waals surface area contributed by atoms with E-state index in [4.69, 9.17) is 15.8 Å². The number of carbonyl (C=O) groups is 1. The Kier molecular flexibility index (Phi) is 8.43. The first-order chi connectivity index (χ1) is 13.2. The van der Waals surface area contributed by atoms with Crippen molar-refractivity contribution < 1.29 is 24.3 Å². The van der Waals surface area contributed by atoms with Crippen molar-refractivity contribution in [3.63, 3.8) is 0 Å². The van der Waals surface area contributed by atoms with Gasteiger partial charge in [0.2, 0.25) is 0 Å². The second-order valence-corrected chi connectivity index (χ2v) is 7.94. The van der Waals surface area contributed by atoms with E-state index in [-0.39, 0.29) is 12.2 Å². The Bertz CT molecular complexity index is 638. The lowest BCUT2D eigenvalue weighted by Gasteiger charge is -2.40. The topological polar surface area (TPSA) is 107 Å². The summed E-state index contributed by atoms with van der Waals surface area (Å²) in [6.07, 6.45) is 1.96. The highest BCUT2D eigenvalue weighted by Crippen LogP contribution is 2.32. The molecular formula is C20H32BFN2O4. The number of benzene rings is 1. The predicted molar refractivity (Wildman–Crippen MR) is 107 cm³/mol. The molecule has 2 atom stereocenters. The van der Waals surface area contributed by atoms with Gasteiger partial charge in [0.05, 0.1) is 0 Å². The van der Waals surface area contributed by atoms with Gasteiger partial charge < -0.3 is 20.9 Å². The summed E-state index contributed by atoms with van der Waals surface area (Å²) in [5.41, 5.74) is 6.68. The molecule has 0 saturated carbocycles. The largest absolute Gasteiger partial charge is 0.480 e. The van der Waals surface area contributed by atoms with Crippen LogP contribution in [0.5, 0.6) is 0 Å². The summed E-state index contributed by atoms with van der Waals surface area (Å²) in [4.78, 5) is 14.1. The van der Waals surface area contributed by atoms with Gasteiger partial charge in [-0.05, 0) is 62.6 Å². The molecule has 1 aromatic carbocycles. The quantitative estimate of drug-likeness (QED) is 0.359. The van der Waals surface area contributed by atoms with E-state index in [1.165, 1.54) is 6.92 Å². The fourth-order valence-corrected chi connectivity index (χ4v) is 4.14. The standard InChI is InChI=1S/C20H32BFN2O4/c1-15(22)18-7-3-2-6-16(18)14-24-12-8-17(9-13-24)20(23,19(25)26)10-4-5-11-21(27)28/h2-3,6-7,15,17,27-28H,4-5,8-14,23H2,1H3,(H,25,26). The molecule has 0 aliphatic carbocycles. The molecule has 1 saturated heterocycles. The van der Waals surface area contributed by atoms with Crippen LogP contribution in [0.25, 0.3) is 0 Å². The van der Waals surface area contributed by atoms with E-state index in [0.717, 1.165) is 18.7 Å². The normalized spacial score (nSPS) is 19.2. The number of carboxylic acid groups (broad SMARTS) is 1. The highest BCUT2D eigenvalue weighted by Gasteiger charge is 2.42. The average molecular weight is 394 g/mol. The molecule has 0 bridgehead atoms. The van der Waals surface area contributed by atoms with Crippen molar-refractivity contribution in [1.82, 2.24) is 4.90 Å². The van der Waals surface area contributed by atoms with E-state index in [1.54, 1.807) is 0 Å². The summed E-state index contributed by atoms with van der Waals surface area (Å²) in [5.74, 6) is -1.12. The molecule has 2 unspecified atom stereocenters. The van der Waals surface area contributed by atoms with E-state index >= 15 is 0 Å². The van der Waals surface area contributed by atoms with Gasteiger partial charge in [0.25, 0.3) is 0 Å². The number of alkyl halides is 1. The number of hydrogen-bond acceptors (Lipinski definition) is 5. The summed E-state index contributed by atoms with van der Waals surface area (Å²) in [6.45, 7) is 3.63. The van der Waals surface area contributed by atoms with Crippen molar-refractivity contribution in [2.45, 2.75) is 63.6 Å². The SMILES string of the molecule is CC(F)c1ccccc1CN1CCC(C(N)(CCCCB(O)O)C(=O)O)CC1. The third-order valence-electron chi connectivity index (χ3n) is 5.89. The van der Waals surface area contributed by atoms with E-state index in [1.807, 2.05) is 24.3 Å². The lowest BCUT2D eigenvalue weighted by Crippen LogP contribution is -2.56. The van der Waals surface area contributed by atoms with Crippen molar-refractivity contribution >= 4 is 13.1 Å². The second kappa shape index (κ2) is 10.3. The third kappa shape index (κ3) is 6.01. The molecule has 0 amide bonds. The molecular weight excluding hydrogens is 362 g/mol.